The van der Waals surface area contributed by atoms with E-state index in [1.807, 2.05) is 0 Å². The molecule has 1 N–H and O–H groups in total. The maximum Gasteiger partial charge on any atom is 0.0543 e. The topological polar surface area (TPSA) is 20.2 Å². The van der Waals surface area contributed by atoms with Crippen molar-refractivity contribution in [1.82, 2.24) is 0 Å². The zero-order valence-corrected chi connectivity index (χ0v) is 8.05. The summed E-state index contributed by atoms with van der Waals surface area (Å²) in [5.41, 5.74) is 0.595. The lowest BCUT2D eigenvalue weighted by molar-refractivity contribution is -0.00751. The maximum absolute atomic E-state index is 9.56. The van der Waals surface area contributed by atoms with Crippen molar-refractivity contribution in [2.45, 2.75) is 58.0 Å². The van der Waals surface area contributed by atoms with Gasteiger partial charge < -0.3 is 5.11 Å². The first kappa shape index (κ1) is 8.55. The second-order valence-corrected chi connectivity index (χ2v) is 5.02. The molecule has 2 aliphatic carbocycles. The second-order valence-electron chi connectivity index (χ2n) is 5.02. The number of hydrogen-bond donors (Lipinski definition) is 1. The van der Waals surface area contributed by atoms with Gasteiger partial charge in [0.05, 0.1) is 6.10 Å². The van der Waals surface area contributed by atoms with Crippen molar-refractivity contribution in [3.05, 3.63) is 0 Å². The van der Waals surface area contributed by atoms with E-state index >= 15 is 0 Å². The highest BCUT2D eigenvalue weighted by molar-refractivity contribution is 4.91. The van der Waals surface area contributed by atoms with Crippen LogP contribution in [-0.4, -0.2) is 11.2 Å². The molecule has 12 heavy (non-hydrogen) atoms. The van der Waals surface area contributed by atoms with Crippen molar-refractivity contribution >= 4 is 0 Å². The van der Waals surface area contributed by atoms with Gasteiger partial charge in [-0.1, -0.05) is 19.8 Å². The Labute approximate surface area is 75.2 Å². The summed E-state index contributed by atoms with van der Waals surface area (Å²) in [6.07, 6.45) is 9.00. The zero-order valence-electron chi connectivity index (χ0n) is 8.05. The fourth-order valence-corrected chi connectivity index (χ4v) is 3.15. The largest absolute Gasteiger partial charge is 0.393 e. The summed E-state index contributed by atoms with van der Waals surface area (Å²) in [6, 6.07) is 0. The Balaban J connectivity index is 2.06. The predicted molar refractivity (Wildman–Crippen MR) is 49.9 cm³/mol. The van der Waals surface area contributed by atoms with Gasteiger partial charge in [0.1, 0.15) is 0 Å². The summed E-state index contributed by atoms with van der Waals surface area (Å²) in [5, 5.41) is 9.56. The number of aliphatic hydroxyl groups is 1. The monoisotopic (exact) mass is 168 g/mol. The highest BCUT2D eigenvalue weighted by atomic mass is 16.3. The molecule has 0 aromatic carbocycles. The minimum absolute atomic E-state index is 0.0150. The van der Waals surface area contributed by atoms with Crippen LogP contribution in [0, 0.1) is 11.3 Å². The van der Waals surface area contributed by atoms with E-state index in [4.69, 9.17) is 0 Å². The van der Waals surface area contributed by atoms with Gasteiger partial charge in [-0.2, -0.15) is 0 Å². The van der Waals surface area contributed by atoms with Crippen molar-refractivity contribution in [2.24, 2.45) is 11.3 Å². The standard InChI is InChI=1S/C11H20O/c1-11-6-3-2-4-9(11)8-10(12)5-7-11/h9-10,12H,2-8H2,1H3/t9-,10?,11-/m0/s1. The van der Waals surface area contributed by atoms with Crippen LogP contribution in [0.1, 0.15) is 51.9 Å². The first-order valence-corrected chi connectivity index (χ1v) is 5.39. The van der Waals surface area contributed by atoms with Crippen LogP contribution >= 0.6 is 0 Å². The Hall–Kier alpha value is -0.0400. The Kier molecular flexibility index (Phi) is 2.16. The normalized spacial score (nSPS) is 48.5. The highest BCUT2D eigenvalue weighted by Gasteiger charge is 2.40. The van der Waals surface area contributed by atoms with Gasteiger partial charge in [-0.3, -0.25) is 0 Å². The molecule has 1 heteroatoms. The van der Waals surface area contributed by atoms with Gasteiger partial charge in [-0.05, 0) is 43.4 Å². The molecule has 0 radical (unpaired) electrons. The Morgan fingerprint density at radius 3 is 2.83 bits per heavy atom. The van der Waals surface area contributed by atoms with Crippen LogP contribution in [0.25, 0.3) is 0 Å². The lowest BCUT2D eigenvalue weighted by Crippen LogP contribution is -2.38. The van der Waals surface area contributed by atoms with Crippen LogP contribution < -0.4 is 0 Å². The fraction of sp³-hybridized carbons (Fsp3) is 1.00. The van der Waals surface area contributed by atoms with Crippen molar-refractivity contribution in [2.75, 3.05) is 0 Å². The maximum atomic E-state index is 9.56. The van der Waals surface area contributed by atoms with Gasteiger partial charge in [-0.15, -0.1) is 0 Å². The summed E-state index contributed by atoms with van der Waals surface area (Å²) in [6.45, 7) is 2.43. The van der Waals surface area contributed by atoms with Crippen LogP contribution in [0.2, 0.25) is 0 Å². The number of hydrogen-bond acceptors (Lipinski definition) is 1. The fourth-order valence-electron chi connectivity index (χ4n) is 3.15. The third-order valence-corrected chi connectivity index (χ3v) is 4.14. The van der Waals surface area contributed by atoms with Crippen molar-refractivity contribution < 1.29 is 5.11 Å². The third kappa shape index (κ3) is 1.39. The van der Waals surface area contributed by atoms with Crippen LogP contribution in [0.3, 0.4) is 0 Å². The molecule has 0 bridgehead atoms. The van der Waals surface area contributed by atoms with Crippen LogP contribution in [0.5, 0.6) is 0 Å². The van der Waals surface area contributed by atoms with E-state index in [9.17, 15) is 5.11 Å². The van der Waals surface area contributed by atoms with Crippen LogP contribution in [0.15, 0.2) is 0 Å². The minimum atomic E-state index is 0.0150. The Morgan fingerprint density at radius 2 is 2.00 bits per heavy atom. The summed E-state index contributed by atoms with van der Waals surface area (Å²) in [4.78, 5) is 0. The summed E-state index contributed by atoms with van der Waals surface area (Å²) >= 11 is 0. The number of rotatable bonds is 0. The van der Waals surface area contributed by atoms with Crippen LogP contribution in [-0.2, 0) is 0 Å². The molecule has 1 nitrogen and oxygen atoms in total. The lowest BCUT2D eigenvalue weighted by atomic mass is 9.60. The molecule has 2 aliphatic rings. The molecule has 0 heterocycles. The lowest BCUT2D eigenvalue weighted by Gasteiger charge is -2.46. The molecule has 2 saturated carbocycles. The van der Waals surface area contributed by atoms with E-state index in [1.165, 1.54) is 32.1 Å². The molecule has 70 valence electrons. The van der Waals surface area contributed by atoms with Gasteiger partial charge in [0.2, 0.25) is 0 Å². The molecule has 0 spiro atoms. The molecule has 3 atom stereocenters. The second kappa shape index (κ2) is 3.02. The molecule has 0 aromatic rings. The predicted octanol–water partition coefficient (Wildman–Crippen LogP) is 2.73. The molecule has 2 fully saturated rings. The summed E-state index contributed by atoms with van der Waals surface area (Å²) < 4.78 is 0. The molecular formula is C11H20O. The molecule has 0 aliphatic heterocycles. The van der Waals surface area contributed by atoms with Gasteiger partial charge in [0.15, 0.2) is 0 Å². The third-order valence-electron chi connectivity index (χ3n) is 4.14. The van der Waals surface area contributed by atoms with E-state index < -0.39 is 0 Å². The number of aliphatic hydroxyl groups excluding tert-OH is 1. The average molecular weight is 168 g/mol. The van der Waals surface area contributed by atoms with E-state index in [-0.39, 0.29) is 6.10 Å². The Bertz CT molecular complexity index is 166. The average Bonchev–Trinajstić information content (AvgIpc) is 2.06. The smallest absolute Gasteiger partial charge is 0.0543 e. The molecule has 1 unspecified atom stereocenters. The molecule has 0 aromatic heterocycles. The van der Waals surface area contributed by atoms with E-state index in [0.29, 0.717) is 5.41 Å². The van der Waals surface area contributed by atoms with Crippen molar-refractivity contribution in [3.8, 4) is 0 Å². The minimum Gasteiger partial charge on any atom is -0.393 e. The molecule has 2 rings (SSSR count). The molecule has 0 saturated heterocycles. The van der Waals surface area contributed by atoms with Crippen molar-refractivity contribution in [3.63, 3.8) is 0 Å². The summed E-state index contributed by atoms with van der Waals surface area (Å²) in [5.74, 6) is 0.829. The van der Waals surface area contributed by atoms with E-state index in [2.05, 4.69) is 6.92 Å². The first-order valence-electron chi connectivity index (χ1n) is 5.39. The van der Waals surface area contributed by atoms with Gasteiger partial charge in [-0.25, -0.2) is 0 Å². The molecular weight excluding hydrogens is 148 g/mol. The number of fused-ring (bicyclic) bond motifs is 1. The summed E-state index contributed by atoms with van der Waals surface area (Å²) in [7, 11) is 0. The Morgan fingerprint density at radius 1 is 1.17 bits per heavy atom. The van der Waals surface area contributed by atoms with Gasteiger partial charge >= 0.3 is 0 Å². The van der Waals surface area contributed by atoms with Gasteiger partial charge in [0.25, 0.3) is 0 Å². The van der Waals surface area contributed by atoms with Gasteiger partial charge in [0, 0.05) is 0 Å². The zero-order chi connectivity index (χ0) is 8.60. The van der Waals surface area contributed by atoms with Crippen molar-refractivity contribution in [1.29, 1.82) is 0 Å². The van der Waals surface area contributed by atoms with Crippen LogP contribution in [0.4, 0.5) is 0 Å². The quantitative estimate of drug-likeness (QED) is 0.589. The first-order chi connectivity index (χ1) is 5.71. The van der Waals surface area contributed by atoms with E-state index in [1.54, 1.807) is 0 Å². The SMILES string of the molecule is C[C@@]12CCCC[C@H]1CC(O)CC2. The highest BCUT2D eigenvalue weighted by Crippen LogP contribution is 2.49. The van der Waals surface area contributed by atoms with E-state index in [0.717, 1.165) is 18.8 Å². The molecule has 0 amide bonds.